The molecule has 1 aliphatic rings. The van der Waals surface area contributed by atoms with E-state index >= 15 is 0 Å². The lowest BCUT2D eigenvalue weighted by atomic mass is 9.81. The van der Waals surface area contributed by atoms with Crippen LogP contribution in [0.15, 0.2) is 12.4 Å². The molecule has 1 aliphatic heterocycles. The van der Waals surface area contributed by atoms with E-state index in [1.54, 1.807) is 6.20 Å². The quantitative estimate of drug-likeness (QED) is 0.902. The molecule has 0 aromatic carbocycles. The molecule has 0 radical (unpaired) electrons. The van der Waals surface area contributed by atoms with E-state index in [2.05, 4.69) is 36.1 Å². The Morgan fingerprint density at radius 1 is 1.42 bits per heavy atom. The average Bonchev–Trinajstić information content (AvgIpc) is 2.85. The Kier molecular flexibility index (Phi) is 4.01. The smallest absolute Gasteiger partial charge is 0.158 e. The Labute approximate surface area is 114 Å². The highest BCUT2D eigenvalue weighted by molar-refractivity contribution is 5.33. The fraction of sp³-hybridized carbons (Fsp3) is 0.643. The van der Waals surface area contributed by atoms with Gasteiger partial charge in [0.05, 0.1) is 18.5 Å². The van der Waals surface area contributed by atoms with E-state index in [1.807, 2.05) is 6.07 Å². The van der Waals surface area contributed by atoms with Crippen LogP contribution in [0.5, 0.6) is 0 Å². The summed E-state index contributed by atoms with van der Waals surface area (Å²) < 4.78 is 5.84. The van der Waals surface area contributed by atoms with Crippen LogP contribution in [0.2, 0.25) is 0 Å². The minimum atomic E-state index is 0.152. The zero-order valence-electron chi connectivity index (χ0n) is 11.7. The van der Waals surface area contributed by atoms with E-state index in [0.29, 0.717) is 17.4 Å². The van der Waals surface area contributed by atoms with Gasteiger partial charge in [-0.2, -0.15) is 5.26 Å². The third-order valence-electron chi connectivity index (χ3n) is 3.38. The predicted molar refractivity (Wildman–Crippen MR) is 72.5 cm³/mol. The maximum absolute atomic E-state index is 8.67. The predicted octanol–water partition coefficient (Wildman–Crippen LogP) is 2.21. The van der Waals surface area contributed by atoms with Gasteiger partial charge in [0, 0.05) is 19.1 Å². The first-order valence-electron chi connectivity index (χ1n) is 6.58. The van der Waals surface area contributed by atoms with Crippen LogP contribution >= 0.6 is 0 Å². The molecule has 5 heteroatoms. The maximum atomic E-state index is 8.67. The highest BCUT2D eigenvalue weighted by Crippen LogP contribution is 2.34. The maximum Gasteiger partial charge on any atom is 0.158 e. The Hall–Kier alpha value is -1.67. The topological polar surface area (TPSA) is 70.8 Å². The van der Waals surface area contributed by atoms with Crippen LogP contribution in [0.1, 0.15) is 32.9 Å². The molecule has 1 fully saturated rings. The van der Waals surface area contributed by atoms with Crippen LogP contribution < -0.4 is 5.32 Å². The first-order valence-corrected chi connectivity index (χ1v) is 6.58. The van der Waals surface area contributed by atoms with E-state index in [4.69, 9.17) is 10.00 Å². The van der Waals surface area contributed by atoms with Crippen molar-refractivity contribution in [2.75, 3.05) is 18.5 Å². The first-order chi connectivity index (χ1) is 9.00. The van der Waals surface area contributed by atoms with Crippen LogP contribution in [0.25, 0.3) is 0 Å². The molecule has 0 unspecified atom stereocenters. The second-order valence-electron chi connectivity index (χ2n) is 5.99. The number of ether oxygens (including phenoxy) is 1. The number of nitrogens with zero attached hydrogens (tertiary/aromatic N) is 3. The lowest BCUT2D eigenvalue weighted by Gasteiger charge is -2.31. The van der Waals surface area contributed by atoms with Crippen LogP contribution in [-0.4, -0.2) is 29.2 Å². The normalized spacial score (nSPS) is 23.1. The van der Waals surface area contributed by atoms with Gasteiger partial charge in [-0.15, -0.1) is 0 Å². The molecule has 0 bridgehead atoms. The molecule has 1 aromatic heterocycles. The van der Waals surface area contributed by atoms with Gasteiger partial charge in [-0.3, -0.25) is 0 Å². The summed E-state index contributed by atoms with van der Waals surface area (Å²) in [5.41, 5.74) is 0.487. The van der Waals surface area contributed by atoms with Gasteiger partial charge < -0.3 is 10.1 Å². The lowest BCUT2D eigenvalue weighted by Crippen LogP contribution is -2.34. The third kappa shape index (κ3) is 3.42. The van der Waals surface area contributed by atoms with Gasteiger partial charge in [-0.25, -0.2) is 9.97 Å². The summed E-state index contributed by atoms with van der Waals surface area (Å²) >= 11 is 0. The van der Waals surface area contributed by atoms with Gasteiger partial charge >= 0.3 is 0 Å². The number of anilines is 1. The summed E-state index contributed by atoms with van der Waals surface area (Å²) in [6.07, 6.45) is 4.42. The summed E-state index contributed by atoms with van der Waals surface area (Å²) in [4.78, 5) is 8.15. The van der Waals surface area contributed by atoms with Crippen molar-refractivity contribution >= 4 is 5.82 Å². The van der Waals surface area contributed by atoms with Gasteiger partial charge in [0.25, 0.3) is 0 Å². The molecule has 0 amide bonds. The van der Waals surface area contributed by atoms with Crippen LogP contribution in [0.4, 0.5) is 5.82 Å². The van der Waals surface area contributed by atoms with Crippen molar-refractivity contribution in [2.24, 2.45) is 11.3 Å². The average molecular weight is 260 g/mol. The van der Waals surface area contributed by atoms with Crippen molar-refractivity contribution in [3.8, 4) is 6.07 Å². The summed E-state index contributed by atoms with van der Waals surface area (Å²) in [5, 5.41) is 11.9. The summed E-state index contributed by atoms with van der Waals surface area (Å²) in [6.45, 7) is 8.27. The highest BCUT2D eigenvalue weighted by Gasteiger charge is 2.36. The monoisotopic (exact) mass is 260 g/mol. The van der Waals surface area contributed by atoms with Gasteiger partial charge in [0.15, 0.2) is 5.69 Å². The molecule has 102 valence electrons. The van der Waals surface area contributed by atoms with E-state index in [9.17, 15) is 0 Å². The number of hydrogen-bond donors (Lipinski definition) is 1. The Morgan fingerprint density at radius 3 is 2.79 bits per heavy atom. The molecular weight excluding hydrogens is 240 g/mol. The lowest BCUT2D eigenvalue weighted by molar-refractivity contribution is 0.00956. The van der Waals surface area contributed by atoms with Gasteiger partial charge in [0.2, 0.25) is 0 Å². The SMILES string of the molecule is CC(C)(C)[C@H]1OCC[C@@H]1CNc1cnc(C#N)cn1. The standard InChI is InChI=1S/C14H20N4O/c1-14(2,3)13-10(4-5-19-13)7-17-12-9-16-11(6-15)8-18-12/h8-10,13H,4-5,7H2,1-3H3,(H,17,18)/t10-,13+/m1/s1. The van der Waals surface area contributed by atoms with Gasteiger partial charge in [-0.1, -0.05) is 20.8 Å². The van der Waals surface area contributed by atoms with Crippen molar-refractivity contribution < 1.29 is 4.74 Å². The minimum Gasteiger partial charge on any atom is -0.377 e. The number of nitrogens with one attached hydrogen (secondary N) is 1. The van der Waals surface area contributed by atoms with Crippen LogP contribution in [0.3, 0.4) is 0 Å². The van der Waals surface area contributed by atoms with Crippen LogP contribution in [-0.2, 0) is 4.74 Å². The Morgan fingerprint density at radius 2 is 2.21 bits per heavy atom. The number of aromatic nitrogens is 2. The molecular formula is C14H20N4O. The second-order valence-corrected chi connectivity index (χ2v) is 5.99. The molecule has 2 rings (SSSR count). The first kappa shape index (κ1) is 13.8. The second kappa shape index (κ2) is 5.54. The van der Waals surface area contributed by atoms with Crippen molar-refractivity contribution in [1.82, 2.24) is 9.97 Å². The van der Waals surface area contributed by atoms with Gasteiger partial charge in [-0.05, 0) is 11.8 Å². The molecule has 2 heterocycles. The minimum absolute atomic E-state index is 0.152. The van der Waals surface area contributed by atoms with Crippen molar-refractivity contribution in [3.63, 3.8) is 0 Å². The molecule has 2 atom stereocenters. The fourth-order valence-electron chi connectivity index (χ4n) is 2.51. The number of rotatable bonds is 3. The zero-order valence-corrected chi connectivity index (χ0v) is 11.7. The van der Waals surface area contributed by atoms with Crippen molar-refractivity contribution in [2.45, 2.75) is 33.3 Å². The van der Waals surface area contributed by atoms with Crippen molar-refractivity contribution in [3.05, 3.63) is 18.1 Å². The third-order valence-corrected chi connectivity index (χ3v) is 3.38. The molecule has 1 aromatic rings. The summed E-state index contributed by atoms with van der Waals surface area (Å²) in [7, 11) is 0. The molecule has 0 aliphatic carbocycles. The van der Waals surface area contributed by atoms with E-state index in [-0.39, 0.29) is 11.5 Å². The summed E-state index contributed by atoms with van der Waals surface area (Å²) in [6, 6.07) is 1.96. The number of hydrogen-bond acceptors (Lipinski definition) is 5. The Balaban J connectivity index is 1.93. The van der Waals surface area contributed by atoms with E-state index in [0.717, 1.165) is 19.6 Å². The van der Waals surface area contributed by atoms with E-state index < -0.39 is 0 Å². The molecule has 1 saturated heterocycles. The van der Waals surface area contributed by atoms with E-state index in [1.165, 1.54) is 6.20 Å². The largest absolute Gasteiger partial charge is 0.377 e. The molecule has 0 saturated carbocycles. The van der Waals surface area contributed by atoms with Gasteiger partial charge in [0.1, 0.15) is 11.9 Å². The zero-order chi connectivity index (χ0) is 13.9. The fourth-order valence-corrected chi connectivity index (χ4v) is 2.51. The number of nitriles is 1. The molecule has 1 N–H and O–H groups in total. The van der Waals surface area contributed by atoms with Crippen molar-refractivity contribution in [1.29, 1.82) is 5.26 Å². The molecule has 5 nitrogen and oxygen atoms in total. The molecule has 19 heavy (non-hydrogen) atoms. The highest BCUT2D eigenvalue weighted by atomic mass is 16.5. The van der Waals surface area contributed by atoms with Crippen LogP contribution in [0, 0.1) is 22.7 Å². The summed E-state index contributed by atoms with van der Waals surface area (Å²) in [5.74, 6) is 1.19. The molecule has 0 spiro atoms. The Bertz CT molecular complexity index is 458.